The molecular weight excluding hydrogens is 470 g/mol. The summed E-state index contributed by atoms with van der Waals surface area (Å²) in [7, 11) is 0. The van der Waals surface area contributed by atoms with Crippen LogP contribution in [0.3, 0.4) is 0 Å². The maximum atomic E-state index is 12.0. The zero-order chi connectivity index (χ0) is 26.3. The van der Waals surface area contributed by atoms with Crippen LogP contribution in [0.5, 0.6) is 5.75 Å². The van der Waals surface area contributed by atoms with Crippen LogP contribution < -0.4 is 21.1 Å². The minimum absolute atomic E-state index is 0.0588. The molecule has 0 spiro atoms. The Morgan fingerprint density at radius 2 is 1.66 bits per heavy atom. The molecule has 2 rings (SSSR count). The molecule has 0 bridgehead atoms. The molecule has 5 N–H and O–H groups in total. The highest BCUT2D eigenvalue weighted by Crippen LogP contribution is 2.35. The highest BCUT2D eigenvalue weighted by molar-refractivity contribution is 5.75. The highest BCUT2D eigenvalue weighted by atomic mass is 16.6. The summed E-state index contributed by atoms with van der Waals surface area (Å²) in [4.78, 5) is 58.5. The van der Waals surface area contributed by atoms with E-state index in [1.807, 2.05) is 0 Å². The monoisotopic (exact) mass is 497 g/mol. The second kappa shape index (κ2) is 11.5. The summed E-state index contributed by atoms with van der Waals surface area (Å²) >= 11 is 0. The fourth-order valence-corrected chi connectivity index (χ4v) is 3.44. The molecule has 1 aliphatic heterocycles. The van der Waals surface area contributed by atoms with Gasteiger partial charge in [0, 0.05) is 27.7 Å². The summed E-state index contributed by atoms with van der Waals surface area (Å²) in [5.41, 5.74) is 2.64. The fraction of sp³-hybridized carbons (Fsp3) is 0.476. The molecule has 1 heterocycles. The van der Waals surface area contributed by atoms with E-state index in [0.717, 1.165) is 27.7 Å². The SMILES string of the molecule is CC(=O)N[C@]1(O)C(Nc2ccccc2OC(N)=O)OC(COC(C)=O)C(OC(C)=O)C1OC(C)=O. The van der Waals surface area contributed by atoms with Crippen LogP contribution in [0, 0.1) is 0 Å². The fourth-order valence-electron chi connectivity index (χ4n) is 3.44. The molecule has 2 amide bonds. The number of hydrogen-bond donors (Lipinski definition) is 4. The Kier molecular flexibility index (Phi) is 8.97. The van der Waals surface area contributed by atoms with Crippen molar-refractivity contribution >= 4 is 35.6 Å². The van der Waals surface area contributed by atoms with Crippen molar-refractivity contribution < 1.29 is 52.8 Å². The van der Waals surface area contributed by atoms with Gasteiger partial charge in [-0.15, -0.1) is 0 Å². The Morgan fingerprint density at radius 3 is 2.20 bits per heavy atom. The van der Waals surface area contributed by atoms with Gasteiger partial charge in [0.2, 0.25) is 11.6 Å². The van der Waals surface area contributed by atoms with Gasteiger partial charge in [-0.2, -0.15) is 0 Å². The van der Waals surface area contributed by atoms with Crippen LogP contribution in [0.4, 0.5) is 10.5 Å². The molecule has 1 saturated heterocycles. The molecular formula is C21H27N3O11. The van der Waals surface area contributed by atoms with Crippen LogP contribution in [-0.2, 0) is 38.1 Å². The van der Waals surface area contributed by atoms with Crippen molar-refractivity contribution in [3.05, 3.63) is 24.3 Å². The van der Waals surface area contributed by atoms with Gasteiger partial charge in [0.25, 0.3) is 0 Å². The third-order valence-corrected chi connectivity index (χ3v) is 4.62. The van der Waals surface area contributed by atoms with Crippen molar-refractivity contribution in [3.8, 4) is 5.75 Å². The first-order chi connectivity index (χ1) is 16.3. The van der Waals surface area contributed by atoms with Gasteiger partial charge in [-0.1, -0.05) is 12.1 Å². The molecule has 1 aromatic rings. The number of ether oxygens (including phenoxy) is 5. The average molecular weight is 497 g/mol. The van der Waals surface area contributed by atoms with E-state index in [0.29, 0.717) is 0 Å². The Labute approximate surface area is 200 Å². The Balaban J connectivity index is 2.59. The highest BCUT2D eigenvalue weighted by Gasteiger charge is 2.60. The van der Waals surface area contributed by atoms with E-state index in [-0.39, 0.29) is 11.4 Å². The molecule has 1 fully saturated rings. The first-order valence-electron chi connectivity index (χ1n) is 10.3. The quantitative estimate of drug-likeness (QED) is 0.205. The van der Waals surface area contributed by atoms with E-state index in [2.05, 4.69) is 10.6 Å². The summed E-state index contributed by atoms with van der Waals surface area (Å²) in [5, 5.41) is 16.6. The Hall–Kier alpha value is -3.91. The van der Waals surface area contributed by atoms with Crippen LogP contribution in [0.25, 0.3) is 0 Å². The number of nitrogens with two attached hydrogens (primary N) is 1. The van der Waals surface area contributed by atoms with E-state index < -0.39 is 66.8 Å². The zero-order valence-corrected chi connectivity index (χ0v) is 19.4. The van der Waals surface area contributed by atoms with E-state index in [1.54, 1.807) is 6.07 Å². The lowest BCUT2D eigenvalue weighted by molar-refractivity contribution is -0.284. The number of esters is 3. The Bertz CT molecular complexity index is 985. The van der Waals surface area contributed by atoms with E-state index in [1.165, 1.54) is 18.2 Å². The summed E-state index contributed by atoms with van der Waals surface area (Å²) in [6, 6.07) is 5.91. The van der Waals surface area contributed by atoms with E-state index >= 15 is 0 Å². The minimum Gasteiger partial charge on any atom is -0.463 e. The van der Waals surface area contributed by atoms with Crippen LogP contribution in [0.1, 0.15) is 27.7 Å². The number of amides is 2. The lowest BCUT2D eigenvalue weighted by Crippen LogP contribution is -2.76. The van der Waals surface area contributed by atoms with Crippen molar-refractivity contribution in [2.24, 2.45) is 5.73 Å². The molecule has 0 radical (unpaired) electrons. The number of carbonyl (C=O) groups excluding carboxylic acids is 5. The average Bonchev–Trinajstić information content (AvgIpc) is 2.71. The molecule has 192 valence electrons. The Morgan fingerprint density at radius 1 is 1.03 bits per heavy atom. The van der Waals surface area contributed by atoms with Gasteiger partial charge in [0.15, 0.2) is 24.2 Å². The number of aliphatic hydroxyl groups is 1. The molecule has 14 heteroatoms. The molecule has 14 nitrogen and oxygen atoms in total. The lowest BCUT2D eigenvalue weighted by Gasteiger charge is -2.50. The molecule has 4 unspecified atom stereocenters. The standard InChI is InChI=1S/C21H27N3O11/c1-10(25)24-21(30)18(33-13(4)28)17(32-12(3)27)16(9-31-11(2)26)34-19(21)23-14-7-5-6-8-15(14)35-20(22)29/h5-8,16-19,23,30H,9H2,1-4H3,(H2,22,29)(H,24,25)/t16?,17?,18?,19?,21-/m1/s1. The number of para-hydroxylation sites is 2. The van der Waals surface area contributed by atoms with Crippen molar-refractivity contribution in [1.82, 2.24) is 5.32 Å². The first kappa shape index (κ1) is 27.3. The van der Waals surface area contributed by atoms with Gasteiger partial charge in [-0.3, -0.25) is 19.2 Å². The molecule has 35 heavy (non-hydrogen) atoms. The normalized spacial score (nSPS) is 25.5. The zero-order valence-electron chi connectivity index (χ0n) is 19.4. The topological polar surface area (TPSA) is 202 Å². The van der Waals surface area contributed by atoms with Gasteiger partial charge in [-0.05, 0) is 12.1 Å². The molecule has 0 saturated carbocycles. The summed E-state index contributed by atoms with van der Waals surface area (Å²) < 4.78 is 26.3. The van der Waals surface area contributed by atoms with Gasteiger partial charge >= 0.3 is 24.0 Å². The van der Waals surface area contributed by atoms with Crippen LogP contribution in [0.15, 0.2) is 24.3 Å². The maximum Gasteiger partial charge on any atom is 0.410 e. The number of rotatable bonds is 8. The number of anilines is 1. The number of nitrogens with one attached hydrogen (secondary N) is 2. The molecule has 0 aliphatic carbocycles. The second-order valence-corrected chi connectivity index (χ2v) is 7.53. The van der Waals surface area contributed by atoms with Crippen molar-refractivity contribution in [2.75, 3.05) is 11.9 Å². The van der Waals surface area contributed by atoms with Crippen LogP contribution in [0.2, 0.25) is 0 Å². The van der Waals surface area contributed by atoms with E-state index in [4.69, 9.17) is 29.4 Å². The third-order valence-electron chi connectivity index (χ3n) is 4.62. The van der Waals surface area contributed by atoms with Gasteiger partial charge in [-0.25, -0.2) is 4.79 Å². The number of hydrogen-bond acceptors (Lipinski definition) is 12. The summed E-state index contributed by atoms with van der Waals surface area (Å²) in [5.74, 6) is -3.23. The van der Waals surface area contributed by atoms with Crippen molar-refractivity contribution in [3.63, 3.8) is 0 Å². The summed E-state index contributed by atoms with van der Waals surface area (Å²) in [6.07, 6.45) is -7.27. The molecule has 1 aromatic carbocycles. The smallest absolute Gasteiger partial charge is 0.410 e. The maximum absolute atomic E-state index is 12.0. The molecule has 5 atom stereocenters. The second-order valence-electron chi connectivity index (χ2n) is 7.53. The predicted molar refractivity (Wildman–Crippen MR) is 115 cm³/mol. The molecule has 1 aliphatic rings. The third kappa shape index (κ3) is 7.28. The minimum atomic E-state index is -2.54. The summed E-state index contributed by atoms with van der Waals surface area (Å²) in [6.45, 7) is 3.84. The van der Waals surface area contributed by atoms with E-state index in [9.17, 15) is 29.1 Å². The predicted octanol–water partition coefficient (Wildman–Crippen LogP) is -0.468. The molecule has 0 aromatic heterocycles. The number of primary amides is 1. The van der Waals surface area contributed by atoms with Gasteiger partial charge in [0.1, 0.15) is 12.7 Å². The van der Waals surface area contributed by atoms with Crippen molar-refractivity contribution in [2.45, 2.75) is 58.0 Å². The largest absolute Gasteiger partial charge is 0.463 e. The lowest BCUT2D eigenvalue weighted by atomic mass is 9.91. The van der Waals surface area contributed by atoms with Crippen LogP contribution in [-0.4, -0.2) is 71.9 Å². The number of carbonyl (C=O) groups is 5. The van der Waals surface area contributed by atoms with Gasteiger partial charge < -0.3 is 45.2 Å². The van der Waals surface area contributed by atoms with Gasteiger partial charge in [0.05, 0.1) is 5.69 Å². The van der Waals surface area contributed by atoms with Crippen molar-refractivity contribution in [1.29, 1.82) is 0 Å². The number of benzene rings is 1. The van der Waals surface area contributed by atoms with Crippen LogP contribution >= 0.6 is 0 Å². The first-order valence-corrected chi connectivity index (χ1v) is 10.3.